The summed E-state index contributed by atoms with van der Waals surface area (Å²) < 4.78 is 7.23. The Morgan fingerprint density at radius 2 is 2.09 bits per heavy atom. The average Bonchev–Trinajstić information content (AvgIpc) is 3.25. The monoisotopic (exact) mass is 347 g/mol. The van der Waals surface area contributed by atoms with Crippen LogP contribution in [0.4, 0.5) is 0 Å². The number of aliphatic hydroxyl groups is 1. The van der Waals surface area contributed by atoms with Crippen LogP contribution in [0.3, 0.4) is 0 Å². The van der Waals surface area contributed by atoms with Crippen molar-refractivity contribution in [1.29, 1.82) is 0 Å². The molecule has 0 bridgehead atoms. The summed E-state index contributed by atoms with van der Waals surface area (Å²) in [5.74, 6) is 0.503. The molecule has 3 aromatic rings. The molecule has 5 nitrogen and oxygen atoms in total. The van der Waals surface area contributed by atoms with Gasteiger partial charge in [0.25, 0.3) is 0 Å². The minimum absolute atomic E-state index is 0.310. The Morgan fingerprint density at radius 1 is 1.22 bits per heavy atom. The first-order valence-corrected chi connectivity index (χ1v) is 9.06. The first kappa shape index (κ1) is 16.2. The smallest absolute Gasteiger partial charge is 0.208 e. The molecule has 0 saturated heterocycles. The van der Waals surface area contributed by atoms with Gasteiger partial charge < -0.3 is 9.84 Å². The van der Waals surface area contributed by atoms with Gasteiger partial charge in [0, 0.05) is 10.6 Å². The van der Waals surface area contributed by atoms with E-state index in [1.807, 2.05) is 47.8 Å². The molecule has 0 aliphatic carbocycles. The highest BCUT2D eigenvalue weighted by Crippen LogP contribution is 2.16. The normalized spacial score (nSPS) is 12.4. The third-order valence-corrected chi connectivity index (χ3v) is 4.88. The van der Waals surface area contributed by atoms with Crippen LogP contribution in [0.15, 0.2) is 59.3 Å². The molecular formula is C16H17N3O2S2. The van der Waals surface area contributed by atoms with E-state index in [0.29, 0.717) is 24.1 Å². The standard InChI is InChI=1S/C16H17N3O2S2/c20-14(9-21-10-15-7-4-8-22-15)11-23-16-17-12-19(18-16)13-5-2-1-3-6-13/h1-8,12,14,20H,9-11H2. The van der Waals surface area contributed by atoms with Gasteiger partial charge >= 0.3 is 0 Å². The Kier molecular flexibility index (Phi) is 5.82. The Morgan fingerprint density at radius 3 is 2.87 bits per heavy atom. The molecular weight excluding hydrogens is 330 g/mol. The third-order valence-electron chi connectivity index (χ3n) is 3.03. The summed E-state index contributed by atoms with van der Waals surface area (Å²) >= 11 is 3.07. The van der Waals surface area contributed by atoms with Gasteiger partial charge in [-0.15, -0.1) is 16.4 Å². The lowest BCUT2D eigenvalue weighted by Gasteiger charge is -2.09. The van der Waals surface area contributed by atoms with Gasteiger partial charge in [-0.1, -0.05) is 36.0 Å². The zero-order chi connectivity index (χ0) is 15.9. The zero-order valence-electron chi connectivity index (χ0n) is 12.4. The first-order valence-electron chi connectivity index (χ1n) is 7.19. The molecule has 1 N–H and O–H groups in total. The third kappa shape index (κ3) is 4.90. The van der Waals surface area contributed by atoms with Crippen LogP contribution in [0.5, 0.6) is 0 Å². The second-order valence-corrected chi connectivity index (χ2v) is 6.89. The lowest BCUT2D eigenvalue weighted by atomic mass is 10.3. The fourth-order valence-electron chi connectivity index (χ4n) is 1.93. The lowest BCUT2D eigenvalue weighted by Crippen LogP contribution is -2.17. The predicted octanol–water partition coefficient (Wildman–Crippen LogP) is 3.00. The number of aliphatic hydroxyl groups excluding tert-OH is 1. The van der Waals surface area contributed by atoms with E-state index in [0.717, 1.165) is 10.6 Å². The summed E-state index contributed by atoms with van der Waals surface area (Å²) in [6, 6.07) is 13.8. The van der Waals surface area contributed by atoms with Crippen LogP contribution in [0.25, 0.3) is 5.69 Å². The molecule has 1 unspecified atom stereocenters. The summed E-state index contributed by atoms with van der Waals surface area (Å²) in [5, 5.41) is 17.0. The summed E-state index contributed by atoms with van der Waals surface area (Å²) in [5.41, 5.74) is 0.965. The highest BCUT2D eigenvalue weighted by molar-refractivity contribution is 7.99. The van der Waals surface area contributed by atoms with Gasteiger partial charge in [0.15, 0.2) is 0 Å². The highest BCUT2D eigenvalue weighted by Gasteiger charge is 2.09. The summed E-state index contributed by atoms with van der Waals surface area (Å²) in [4.78, 5) is 5.41. The van der Waals surface area contributed by atoms with Crippen molar-refractivity contribution in [2.24, 2.45) is 0 Å². The van der Waals surface area contributed by atoms with Gasteiger partial charge in [-0.25, -0.2) is 9.67 Å². The van der Waals surface area contributed by atoms with E-state index in [1.54, 1.807) is 22.3 Å². The van der Waals surface area contributed by atoms with E-state index in [1.165, 1.54) is 11.8 Å². The molecule has 120 valence electrons. The van der Waals surface area contributed by atoms with Gasteiger partial charge in [-0.2, -0.15) is 0 Å². The molecule has 0 radical (unpaired) electrons. The molecule has 3 rings (SSSR count). The molecule has 23 heavy (non-hydrogen) atoms. The molecule has 0 saturated carbocycles. The Balaban J connectivity index is 1.42. The minimum atomic E-state index is -0.538. The number of ether oxygens (including phenoxy) is 1. The van der Waals surface area contributed by atoms with Crippen molar-refractivity contribution in [3.8, 4) is 5.69 Å². The maximum atomic E-state index is 9.96. The topological polar surface area (TPSA) is 60.2 Å². The van der Waals surface area contributed by atoms with Gasteiger partial charge in [-0.3, -0.25) is 0 Å². The van der Waals surface area contributed by atoms with Crippen LogP contribution in [-0.2, 0) is 11.3 Å². The van der Waals surface area contributed by atoms with Crippen molar-refractivity contribution in [3.05, 3.63) is 59.0 Å². The molecule has 0 fully saturated rings. The molecule has 0 aliphatic rings. The lowest BCUT2D eigenvalue weighted by molar-refractivity contribution is 0.0409. The van der Waals surface area contributed by atoms with E-state index in [-0.39, 0.29) is 0 Å². The van der Waals surface area contributed by atoms with Crippen LogP contribution < -0.4 is 0 Å². The molecule has 2 aromatic heterocycles. The van der Waals surface area contributed by atoms with Crippen LogP contribution in [0.2, 0.25) is 0 Å². The van der Waals surface area contributed by atoms with E-state index < -0.39 is 6.10 Å². The van der Waals surface area contributed by atoms with Gasteiger partial charge in [0.2, 0.25) is 5.16 Å². The van der Waals surface area contributed by atoms with Crippen molar-refractivity contribution < 1.29 is 9.84 Å². The zero-order valence-corrected chi connectivity index (χ0v) is 14.0. The fraction of sp³-hybridized carbons (Fsp3) is 0.250. The summed E-state index contributed by atoms with van der Waals surface area (Å²) in [6.45, 7) is 0.852. The highest BCUT2D eigenvalue weighted by atomic mass is 32.2. The molecule has 1 atom stereocenters. The van der Waals surface area contributed by atoms with Crippen molar-refractivity contribution in [2.45, 2.75) is 17.9 Å². The fourth-order valence-corrected chi connectivity index (χ4v) is 3.27. The minimum Gasteiger partial charge on any atom is -0.390 e. The van der Waals surface area contributed by atoms with Crippen molar-refractivity contribution in [2.75, 3.05) is 12.4 Å². The maximum Gasteiger partial charge on any atom is 0.208 e. The summed E-state index contributed by atoms with van der Waals surface area (Å²) in [7, 11) is 0. The van der Waals surface area contributed by atoms with E-state index >= 15 is 0 Å². The molecule has 0 spiro atoms. The average molecular weight is 347 g/mol. The van der Waals surface area contributed by atoms with E-state index in [9.17, 15) is 5.11 Å². The van der Waals surface area contributed by atoms with Crippen molar-refractivity contribution in [3.63, 3.8) is 0 Å². The number of nitrogens with zero attached hydrogens (tertiary/aromatic N) is 3. The van der Waals surface area contributed by atoms with Gasteiger partial charge in [0.05, 0.1) is 25.0 Å². The van der Waals surface area contributed by atoms with E-state index in [4.69, 9.17) is 4.74 Å². The second-order valence-electron chi connectivity index (χ2n) is 4.87. The predicted molar refractivity (Wildman–Crippen MR) is 92.1 cm³/mol. The van der Waals surface area contributed by atoms with Crippen LogP contribution in [0, 0.1) is 0 Å². The number of rotatable bonds is 8. The number of thioether (sulfide) groups is 1. The SMILES string of the molecule is OC(COCc1cccs1)CSc1ncn(-c2ccccc2)n1. The molecule has 1 aromatic carbocycles. The number of benzene rings is 1. The van der Waals surface area contributed by atoms with Crippen LogP contribution in [-0.4, -0.2) is 38.3 Å². The van der Waals surface area contributed by atoms with Gasteiger partial charge in [-0.05, 0) is 23.6 Å². The molecule has 2 heterocycles. The van der Waals surface area contributed by atoms with Crippen LogP contribution >= 0.6 is 23.1 Å². The number of para-hydroxylation sites is 1. The van der Waals surface area contributed by atoms with Crippen LogP contribution in [0.1, 0.15) is 4.88 Å². The Hall–Kier alpha value is -1.67. The second kappa shape index (κ2) is 8.26. The molecule has 0 amide bonds. The molecule has 0 aliphatic heterocycles. The van der Waals surface area contributed by atoms with Crippen molar-refractivity contribution >= 4 is 23.1 Å². The number of thiophene rings is 1. The van der Waals surface area contributed by atoms with Crippen molar-refractivity contribution in [1.82, 2.24) is 14.8 Å². The number of hydrogen-bond acceptors (Lipinski definition) is 6. The first-order chi connectivity index (χ1) is 11.3. The number of aromatic nitrogens is 3. The summed E-state index contributed by atoms with van der Waals surface area (Å²) in [6.07, 6.45) is 1.14. The van der Waals surface area contributed by atoms with Gasteiger partial charge in [0.1, 0.15) is 6.33 Å². The Labute approximate surface area is 143 Å². The van der Waals surface area contributed by atoms with E-state index in [2.05, 4.69) is 10.1 Å². The Bertz CT molecular complexity index is 701. The largest absolute Gasteiger partial charge is 0.390 e. The molecule has 7 heteroatoms. The quantitative estimate of drug-likeness (QED) is 0.635. The maximum absolute atomic E-state index is 9.96. The number of hydrogen-bond donors (Lipinski definition) is 1.